The fraction of sp³-hybridized carbons (Fsp3) is 0.562. The quantitative estimate of drug-likeness (QED) is 0.319. The third kappa shape index (κ3) is 8.43. The van der Waals surface area contributed by atoms with E-state index in [1.807, 2.05) is 19.9 Å². The van der Waals surface area contributed by atoms with E-state index >= 15 is 0 Å². The first-order chi connectivity index (χ1) is 10.3. The van der Waals surface area contributed by atoms with Crippen molar-refractivity contribution in [2.24, 2.45) is 0 Å². The average Bonchev–Trinajstić information content (AvgIpc) is 2.46. The molecule has 1 aliphatic rings. The van der Waals surface area contributed by atoms with Crippen molar-refractivity contribution >= 4 is 5.78 Å². The summed E-state index contributed by atoms with van der Waals surface area (Å²) in [5.74, 6) is -0.108. The third-order valence-corrected chi connectivity index (χ3v) is 4.19. The Labute approximate surface area is 297 Å². The van der Waals surface area contributed by atoms with Crippen LogP contribution in [0.25, 0.3) is 0 Å². The molecule has 0 bridgehead atoms. The van der Waals surface area contributed by atoms with Gasteiger partial charge < -0.3 is 25.2 Å². The molecule has 4 radical (unpaired) electrons. The van der Waals surface area contributed by atoms with Gasteiger partial charge in [0, 0.05) is 182 Å². The van der Waals surface area contributed by atoms with Crippen molar-refractivity contribution in [2.45, 2.75) is 51.3 Å². The number of aliphatic hydroxyl groups is 4. The number of ether oxygens (including phenoxy) is 1. The number of aliphatic hydroxyl groups excluding tert-OH is 4. The Balaban J connectivity index is -0.00000132. The van der Waals surface area contributed by atoms with Crippen LogP contribution in [0.4, 0.5) is 0 Å². The van der Waals surface area contributed by atoms with Crippen molar-refractivity contribution in [2.75, 3.05) is 6.61 Å². The third-order valence-electron chi connectivity index (χ3n) is 4.19. The van der Waals surface area contributed by atoms with E-state index in [0.29, 0.717) is 11.1 Å². The summed E-state index contributed by atoms with van der Waals surface area (Å²) >= 11 is 0. The Kier molecular flexibility index (Phi) is 21.7. The van der Waals surface area contributed by atoms with E-state index in [-0.39, 0.29) is 182 Å². The Bertz CT molecular complexity index is 584. The van der Waals surface area contributed by atoms with Crippen molar-refractivity contribution in [1.82, 2.24) is 0 Å². The molecule has 0 amide bonds. The van der Waals surface area contributed by atoms with Crippen LogP contribution in [-0.4, -0.2) is 57.2 Å². The second-order valence-electron chi connectivity index (χ2n) is 5.83. The predicted molar refractivity (Wildman–Crippen MR) is 78.6 cm³/mol. The summed E-state index contributed by atoms with van der Waals surface area (Å²) in [5.41, 5.74) is 2.69. The van der Waals surface area contributed by atoms with Gasteiger partial charge >= 0.3 is 0 Å². The Morgan fingerprint density at radius 1 is 0.962 bits per heavy atom. The molecular formula is C16H22Ac4O6. The fourth-order valence-electron chi connectivity index (χ4n) is 2.91. The van der Waals surface area contributed by atoms with Gasteiger partial charge in [0.1, 0.15) is 30.5 Å². The summed E-state index contributed by atoms with van der Waals surface area (Å²) in [6, 6.07) is 3.45. The van der Waals surface area contributed by atoms with E-state index in [9.17, 15) is 25.2 Å². The maximum absolute atomic E-state index is 11.7. The Morgan fingerprint density at radius 3 is 1.96 bits per heavy atom. The number of hydrogen-bond acceptors (Lipinski definition) is 6. The van der Waals surface area contributed by atoms with Crippen molar-refractivity contribution in [3.63, 3.8) is 0 Å². The summed E-state index contributed by atoms with van der Waals surface area (Å²) in [5, 5.41) is 39.2. The van der Waals surface area contributed by atoms with E-state index in [4.69, 9.17) is 4.74 Å². The molecule has 1 aliphatic heterocycles. The fourth-order valence-corrected chi connectivity index (χ4v) is 2.91. The van der Waals surface area contributed by atoms with Crippen LogP contribution in [0.2, 0.25) is 0 Å². The first kappa shape index (κ1) is 35.1. The van der Waals surface area contributed by atoms with Crippen molar-refractivity contribution in [1.29, 1.82) is 0 Å². The summed E-state index contributed by atoms with van der Waals surface area (Å²) < 4.78 is 5.55. The molecule has 1 fully saturated rings. The maximum Gasteiger partial charge on any atom is 0.160 e. The monoisotopic (exact) mass is 1220 g/mol. The molecule has 4 N–H and O–H groups in total. The summed E-state index contributed by atoms with van der Waals surface area (Å²) in [6.45, 7) is 4.61. The first-order valence-electron chi connectivity index (χ1n) is 7.20. The van der Waals surface area contributed by atoms with Crippen LogP contribution in [0, 0.1) is 190 Å². The molecule has 134 valence electrons. The van der Waals surface area contributed by atoms with E-state index in [1.165, 1.54) is 6.92 Å². The minimum absolute atomic E-state index is 0. The van der Waals surface area contributed by atoms with Gasteiger partial charge in [-0.05, 0) is 43.5 Å². The number of carbonyl (C=O) groups excluding carboxylic acids is 1. The molecule has 1 saturated heterocycles. The van der Waals surface area contributed by atoms with Gasteiger partial charge in [-0.3, -0.25) is 4.79 Å². The topological polar surface area (TPSA) is 107 Å². The minimum atomic E-state index is -1.43. The molecule has 0 spiro atoms. The van der Waals surface area contributed by atoms with Crippen molar-refractivity contribution in [3.05, 3.63) is 34.4 Å². The van der Waals surface area contributed by atoms with Gasteiger partial charge in [-0.2, -0.15) is 0 Å². The van der Waals surface area contributed by atoms with Gasteiger partial charge in [-0.1, -0.05) is 6.07 Å². The summed E-state index contributed by atoms with van der Waals surface area (Å²) in [4.78, 5) is 11.7. The number of aryl methyl sites for hydroxylation is 2. The molecule has 5 atom stereocenters. The molecule has 6 nitrogen and oxygen atoms in total. The van der Waals surface area contributed by atoms with Gasteiger partial charge in [0.2, 0.25) is 0 Å². The maximum atomic E-state index is 11.7. The Morgan fingerprint density at radius 2 is 1.50 bits per heavy atom. The smallest absolute Gasteiger partial charge is 0.160 e. The summed E-state index contributed by atoms with van der Waals surface area (Å²) in [7, 11) is 0. The van der Waals surface area contributed by atoms with Crippen molar-refractivity contribution < 1.29 is 206 Å². The van der Waals surface area contributed by atoms with Gasteiger partial charge in [0.25, 0.3) is 0 Å². The van der Waals surface area contributed by atoms with Crippen LogP contribution in [0.5, 0.6) is 0 Å². The normalized spacial score (nSPS) is 27.1. The summed E-state index contributed by atoms with van der Waals surface area (Å²) in [6.07, 6.45) is -6.06. The van der Waals surface area contributed by atoms with E-state index in [2.05, 4.69) is 0 Å². The van der Waals surface area contributed by atoms with Crippen LogP contribution in [0.1, 0.15) is 40.1 Å². The largest absolute Gasteiger partial charge is 0.394 e. The number of benzene rings is 1. The van der Waals surface area contributed by atoms with Crippen LogP contribution < -0.4 is 0 Å². The molecule has 10 heteroatoms. The van der Waals surface area contributed by atoms with Crippen LogP contribution in [0.15, 0.2) is 12.1 Å². The SMILES string of the molecule is CC(=O)c1cc(C2OC(CO)C(O)C(O)C2O)c(C)cc1C.[Ac].[Ac].[Ac].[Ac]. The standard InChI is InChI=1S/C16H22O6.4Ac/c1-7-4-8(2)11(5-10(7)9(3)18)16-15(21)14(20)13(19)12(6-17)22-16;;;;/h4-5,12-17,19-21H,6H2,1-3H3;;;;. The first-order valence-corrected chi connectivity index (χ1v) is 7.20. The molecule has 26 heavy (non-hydrogen) atoms. The van der Waals surface area contributed by atoms with Gasteiger partial charge in [0.05, 0.1) is 6.61 Å². The second-order valence-corrected chi connectivity index (χ2v) is 5.83. The molecule has 1 aromatic carbocycles. The average molecular weight is 1220 g/mol. The van der Waals surface area contributed by atoms with Crippen LogP contribution in [0.3, 0.4) is 0 Å². The number of Topliss-reactive ketones (excluding diaryl/α,β-unsaturated/α-hetero) is 1. The van der Waals surface area contributed by atoms with Crippen LogP contribution >= 0.6 is 0 Å². The second kappa shape index (κ2) is 16.1. The van der Waals surface area contributed by atoms with E-state index in [0.717, 1.165) is 11.1 Å². The van der Waals surface area contributed by atoms with E-state index < -0.39 is 37.1 Å². The van der Waals surface area contributed by atoms with Gasteiger partial charge in [0.15, 0.2) is 5.78 Å². The zero-order valence-electron chi connectivity index (χ0n) is 15.2. The predicted octanol–water partition coefficient (Wildman–Crippen LogP) is 0.0209. The molecule has 1 aromatic rings. The molecule has 5 unspecified atom stereocenters. The van der Waals surface area contributed by atoms with Gasteiger partial charge in [-0.15, -0.1) is 0 Å². The number of rotatable bonds is 3. The van der Waals surface area contributed by atoms with E-state index in [1.54, 1.807) is 6.07 Å². The molecule has 1 heterocycles. The zero-order valence-corrected chi connectivity index (χ0v) is 34.1. The number of carbonyl (C=O) groups is 1. The molecule has 0 aliphatic carbocycles. The molecule has 0 saturated carbocycles. The van der Waals surface area contributed by atoms with Crippen molar-refractivity contribution in [3.8, 4) is 0 Å². The molecular weight excluding hydrogens is 1200 g/mol. The minimum Gasteiger partial charge on any atom is -0.394 e. The van der Waals surface area contributed by atoms with Gasteiger partial charge in [-0.25, -0.2) is 0 Å². The zero-order chi connectivity index (χ0) is 16.6. The number of hydrogen-bond donors (Lipinski definition) is 4. The molecule has 2 rings (SSSR count). The molecule has 0 aromatic heterocycles. The number of ketones is 1. The Hall–Kier alpha value is 4.46. The van der Waals surface area contributed by atoms with Crippen LogP contribution in [-0.2, 0) is 4.74 Å².